The van der Waals surface area contributed by atoms with Crippen LogP contribution in [0.3, 0.4) is 0 Å². The average Bonchev–Trinajstić information content (AvgIpc) is 2.19. The lowest BCUT2D eigenvalue weighted by Crippen LogP contribution is -2.52. The maximum atomic E-state index is 13.4. The molecule has 1 aliphatic rings. The van der Waals surface area contributed by atoms with Gasteiger partial charge < -0.3 is 10.1 Å². The van der Waals surface area contributed by atoms with Crippen LogP contribution in [0.25, 0.3) is 0 Å². The molecule has 0 spiro atoms. The van der Waals surface area contributed by atoms with Crippen LogP contribution in [0.15, 0.2) is 0 Å². The highest BCUT2D eigenvalue weighted by Crippen LogP contribution is 2.26. The summed E-state index contributed by atoms with van der Waals surface area (Å²) in [5, 5.41) is 2.65. The quantitative estimate of drug-likeness (QED) is 0.709. The minimum absolute atomic E-state index is 0.0128. The molecule has 1 saturated heterocycles. The highest BCUT2D eigenvalue weighted by molar-refractivity contribution is 5.78. The Labute approximate surface area is 81.8 Å². The summed E-state index contributed by atoms with van der Waals surface area (Å²) in [6, 6.07) is -1.06. The molecular formula is C9H15F2NO2. The maximum Gasteiger partial charge on any atom is 0.378 e. The van der Waals surface area contributed by atoms with Gasteiger partial charge in [-0.25, -0.2) is 4.79 Å². The molecule has 0 aromatic rings. The van der Waals surface area contributed by atoms with Crippen molar-refractivity contribution >= 4 is 5.97 Å². The van der Waals surface area contributed by atoms with E-state index in [1.54, 1.807) is 0 Å². The van der Waals surface area contributed by atoms with Crippen molar-refractivity contribution in [1.29, 1.82) is 0 Å². The minimum atomic E-state index is -3.39. The molecule has 0 radical (unpaired) electrons. The number of hydrogen-bond acceptors (Lipinski definition) is 3. The zero-order valence-corrected chi connectivity index (χ0v) is 8.19. The summed E-state index contributed by atoms with van der Waals surface area (Å²) in [4.78, 5) is 11.0. The first-order valence-corrected chi connectivity index (χ1v) is 4.87. The number of esters is 1. The highest BCUT2D eigenvalue weighted by Gasteiger charge is 2.48. The number of rotatable bonds is 3. The molecule has 1 rings (SSSR count). The first-order chi connectivity index (χ1) is 6.59. The predicted molar refractivity (Wildman–Crippen MR) is 47.2 cm³/mol. The first-order valence-electron chi connectivity index (χ1n) is 4.87. The molecule has 0 unspecified atom stereocenters. The van der Waals surface area contributed by atoms with Crippen molar-refractivity contribution < 1.29 is 18.3 Å². The normalized spacial score (nSPS) is 23.2. The van der Waals surface area contributed by atoms with Crippen molar-refractivity contribution in [1.82, 2.24) is 5.32 Å². The number of nitrogens with one attached hydrogen (secondary N) is 1. The van der Waals surface area contributed by atoms with Crippen molar-refractivity contribution in [3.63, 3.8) is 0 Å². The molecule has 3 nitrogen and oxygen atoms in total. The van der Waals surface area contributed by atoms with Crippen LogP contribution in [-0.4, -0.2) is 31.1 Å². The van der Waals surface area contributed by atoms with Gasteiger partial charge in [-0.15, -0.1) is 0 Å². The van der Waals surface area contributed by atoms with Crippen molar-refractivity contribution in [3.05, 3.63) is 0 Å². The average molecular weight is 207 g/mol. The third kappa shape index (κ3) is 2.41. The van der Waals surface area contributed by atoms with Crippen LogP contribution in [-0.2, 0) is 9.53 Å². The lowest BCUT2D eigenvalue weighted by molar-refractivity contribution is -0.176. The van der Waals surface area contributed by atoms with Crippen LogP contribution in [0.5, 0.6) is 0 Å². The van der Waals surface area contributed by atoms with Gasteiger partial charge in [-0.1, -0.05) is 6.42 Å². The van der Waals surface area contributed by atoms with Crippen molar-refractivity contribution in [2.45, 2.75) is 38.2 Å². The number of piperidine rings is 1. The summed E-state index contributed by atoms with van der Waals surface area (Å²) in [6.45, 7) is 2.04. The monoisotopic (exact) mass is 207 g/mol. The Morgan fingerprint density at radius 1 is 1.57 bits per heavy atom. The lowest BCUT2D eigenvalue weighted by atomic mass is 9.99. The van der Waals surface area contributed by atoms with Gasteiger partial charge in [-0.2, -0.15) is 8.78 Å². The van der Waals surface area contributed by atoms with E-state index in [0.717, 1.165) is 12.8 Å². The summed E-state index contributed by atoms with van der Waals surface area (Å²) in [5.41, 5.74) is 0. The standard InChI is InChI=1S/C9H15F2NO2/c1-2-14-8(13)9(10,11)7-5-3-4-6-12-7/h7,12H,2-6H2,1H3/t7-/m1/s1. The SMILES string of the molecule is CCOC(=O)C(F)(F)[C@H]1CCCCN1. The molecule has 0 amide bonds. The van der Waals surface area contributed by atoms with Crippen molar-refractivity contribution in [2.75, 3.05) is 13.2 Å². The summed E-state index contributed by atoms with van der Waals surface area (Å²) in [5.74, 6) is -4.81. The zero-order valence-electron chi connectivity index (χ0n) is 8.19. The lowest BCUT2D eigenvalue weighted by Gasteiger charge is -2.29. The highest BCUT2D eigenvalue weighted by atomic mass is 19.3. The molecule has 0 aromatic carbocycles. The van der Waals surface area contributed by atoms with E-state index in [1.807, 2.05) is 0 Å². The summed E-state index contributed by atoms with van der Waals surface area (Å²) in [6.07, 6.45) is 1.94. The van der Waals surface area contributed by atoms with E-state index in [4.69, 9.17) is 0 Å². The molecular weight excluding hydrogens is 192 g/mol. The number of hydrogen-bond donors (Lipinski definition) is 1. The smallest absolute Gasteiger partial charge is 0.378 e. The molecule has 1 aliphatic heterocycles. The molecule has 0 aliphatic carbocycles. The van der Waals surface area contributed by atoms with E-state index < -0.39 is 17.9 Å². The molecule has 0 aromatic heterocycles. The maximum absolute atomic E-state index is 13.4. The molecule has 1 heterocycles. The number of halogens is 2. The van der Waals surface area contributed by atoms with Crippen LogP contribution in [0.1, 0.15) is 26.2 Å². The van der Waals surface area contributed by atoms with Gasteiger partial charge in [0.15, 0.2) is 0 Å². The van der Waals surface area contributed by atoms with Gasteiger partial charge >= 0.3 is 11.9 Å². The molecule has 1 fully saturated rings. The molecule has 14 heavy (non-hydrogen) atoms. The Hall–Kier alpha value is -0.710. The Bertz CT molecular complexity index is 203. The molecule has 5 heteroatoms. The van der Waals surface area contributed by atoms with Gasteiger partial charge in [0.05, 0.1) is 12.6 Å². The minimum Gasteiger partial charge on any atom is -0.462 e. The Morgan fingerprint density at radius 2 is 2.29 bits per heavy atom. The Kier molecular flexibility index (Phi) is 3.80. The van der Waals surface area contributed by atoms with Crippen LogP contribution in [0.2, 0.25) is 0 Å². The predicted octanol–water partition coefficient (Wildman–Crippen LogP) is 1.33. The fourth-order valence-corrected chi connectivity index (χ4v) is 1.53. The Balaban J connectivity index is 2.57. The van der Waals surface area contributed by atoms with Crippen LogP contribution in [0, 0.1) is 0 Å². The van der Waals surface area contributed by atoms with E-state index in [9.17, 15) is 13.6 Å². The van der Waals surface area contributed by atoms with Gasteiger partial charge in [0, 0.05) is 0 Å². The van der Waals surface area contributed by atoms with Crippen molar-refractivity contribution in [2.24, 2.45) is 0 Å². The van der Waals surface area contributed by atoms with Gasteiger partial charge in [-0.3, -0.25) is 0 Å². The molecule has 0 bridgehead atoms. The van der Waals surface area contributed by atoms with E-state index in [2.05, 4.69) is 10.1 Å². The topological polar surface area (TPSA) is 38.3 Å². The summed E-state index contributed by atoms with van der Waals surface area (Å²) < 4.78 is 31.0. The van der Waals surface area contributed by atoms with Gasteiger partial charge in [0.2, 0.25) is 0 Å². The molecule has 0 saturated carbocycles. The second-order valence-corrected chi connectivity index (χ2v) is 3.35. The summed E-state index contributed by atoms with van der Waals surface area (Å²) >= 11 is 0. The Morgan fingerprint density at radius 3 is 2.79 bits per heavy atom. The van der Waals surface area contributed by atoms with Gasteiger partial charge in [-0.05, 0) is 26.3 Å². The third-order valence-corrected chi connectivity index (χ3v) is 2.30. The third-order valence-electron chi connectivity index (χ3n) is 2.30. The molecule has 1 N–H and O–H groups in total. The van der Waals surface area contributed by atoms with E-state index in [-0.39, 0.29) is 6.61 Å². The first kappa shape index (κ1) is 11.4. The van der Waals surface area contributed by atoms with Gasteiger partial charge in [0.1, 0.15) is 0 Å². The number of carbonyl (C=O) groups is 1. The summed E-state index contributed by atoms with van der Waals surface area (Å²) in [7, 11) is 0. The number of alkyl halides is 2. The number of ether oxygens (including phenoxy) is 1. The number of carbonyl (C=O) groups excluding carboxylic acids is 1. The van der Waals surface area contributed by atoms with Crippen LogP contribution < -0.4 is 5.32 Å². The zero-order chi connectivity index (χ0) is 10.6. The second kappa shape index (κ2) is 4.68. The fraction of sp³-hybridized carbons (Fsp3) is 0.889. The molecule has 82 valence electrons. The van der Waals surface area contributed by atoms with E-state index in [1.165, 1.54) is 6.92 Å². The molecule has 1 atom stereocenters. The largest absolute Gasteiger partial charge is 0.462 e. The second-order valence-electron chi connectivity index (χ2n) is 3.35. The van der Waals surface area contributed by atoms with E-state index >= 15 is 0 Å². The fourth-order valence-electron chi connectivity index (χ4n) is 1.53. The van der Waals surface area contributed by atoms with Crippen molar-refractivity contribution in [3.8, 4) is 0 Å². The van der Waals surface area contributed by atoms with E-state index in [0.29, 0.717) is 13.0 Å². The van der Waals surface area contributed by atoms with Crippen LogP contribution >= 0.6 is 0 Å². The van der Waals surface area contributed by atoms with Gasteiger partial charge in [0.25, 0.3) is 0 Å². The van der Waals surface area contributed by atoms with Crippen LogP contribution in [0.4, 0.5) is 8.78 Å².